The van der Waals surface area contributed by atoms with Gasteiger partial charge in [-0.1, -0.05) is 13.8 Å². The van der Waals surface area contributed by atoms with Crippen LogP contribution in [0.2, 0.25) is 0 Å². The summed E-state index contributed by atoms with van der Waals surface area (Å²) in [6.45, 7) is 10.2. The van der Waals surface area contributed by atoms with Gasteiger partial charge in [0, 0.05) is 19.1 Å². The van der Waals surface area contributed by atoms with Gasteiger partial charge in [-0.3, -0.25) is 4.68 Å². The lowest BCUT2D eigenvalue weighted by molar-refractivity contribution is 0.175. The Balaban J connectivity index is 2.25. The van der Waals surface area contributed by atoms with Crippen molar-refractivity contribution in [2.75, 3.05) is 19.8 Å². The standard InChI is InChI=1S/C14H25N3O/c1-4-12-9-13(17(6-3)16-12)14(15-5-2)11-7-8-18-10-11/h9,11,14-15H,4-8,10H2,1-3H3. The second kappa shape index (κ2) is 6.34. The summed E-state index contributed by atoms with van der Waals surface area (Å²) < 4.78 is 7.69. The first-order chi connectivity index (χ1) is 8.80. The lowest BCUT2D eigenvalue weighted by atomic mass is 9.95. The Kier molecular flexibility index (Phi) is 4.78. The van der Waals surface area contributed by atoms with Crippen LogP contribution in [-0.2, 0) is 17.7 Å². The summed E-state index contributed by atoms with van der Waals surface area (Å²) in [6, 6.07) is 2.64. The molecule has 0 saturated carbocycles. The van der Waals surface area contributed by atoms with Gasteiger partial charge >= 0.3 is 0 Å². The smallest absolute Gasteiger partial charge is 0.0625 e. The number of aromatic nitrogens is 2. The van der Waals surface area contributed by atoms with Crippen LogP contribution in [0.4, 0.5) is 0 Å². The first-order valence-electron chi connectivity index (χ1n) is 7.17. The molecule has 4 heteroatoms. The Morgan fingerprint density at radius 2 is 2.33 bits per heavy atom. The molecule has 1 aliphatic heterocycles. The van der Waals surface area contributed by atoms with Crippen molar-refractivity contribution < 1.29 is 4.74 Å². The van der Waals surface area contributed by atoms with E-state index in [9.17, 15) is 0 Å². The van der Waals surface area contributed by atoms with Crippen molar-refractivity contribution in [1.82, 2.24) is 15.1 Å². The summed E-state index contributed by atoms with van der Waals surface area (Å²) in [5.74, 6) is 0.580. The van der Waals surface area contributed by atoms with Crippen LogP contribution >= 0.6 is 0 Å². The van der Waals surface area contributed by atoms with E-state index in [2.05, 4.69) is 41.9 Å². The molecular weight excluding hydrogens is 226 g/mol. The molecule has 2 unspecified atom stereocenters. The van der Waals surface area contributed by atoms with Crippen LogP contribution in [0, 0.1) is 5.92 Å². The molecule has 18 heavy (non-hydrogen) atoms. The monoisotopic (exact) mass is 251 g/mol. The van der Waals surface area contributed by atoms with Gasteiger partial charge in [0.1, 0.15) is 0 Å². The maximum Gasteiger partial charge on any atom is 0.0625 e. The minimum Gasteiger partial charge on any atom is -0.381 e. The van der Waals surface area contributed by atoms with Crippen LogP contribution in [0.25, 0.3) is 0 Å². The van der Waals surface area contributed by atoms with E-state index in [0.29, 0.717) is 12.0 Å². The van der Waals surface area contributed by atoms with E-state index in [1.54, 1.807) is 0 Å². The van der Waals surface area contributed by atoms with Crippen molar-refractivity contribution in [2.24, 2.45) is 5.92 Å². The Morgan fingerprint density at radius 3 is 2.89 bits per heavy atom. The predicted molar refractivity (Wildman–Crippen MR) is 72.6 cm³/mol. The second-order valence-corrected chi connectivity index (χ2v) is 4.89. The summed E-state index contributed by atoms with van der Waals surface area (Å²) in [5, 5.41) is 8.27. The van der Waals surface area contributed by atoms with E-state index in [-0.39, 0.29) is 0 Å². The molecule has 2 rings (SSSR count). The molecule has 4 nitrogen and oxygen atoms in total. The fourth-order valence-corrected chi connectivity index (χ4v) is 2.71. The summed E-state index contributed by atoms with van der Waals surface area (Å²) in [5.41, 5.74) is 2.51. The molecule has 2 heterocycles. The number of hydrogen-bond acceptors (Lipinski definition) is 3. The maximum absolute atomic E-state index is 5.54. The summed E-state index contributed by atoms with van der Waals surface area (Å²) in [7, 11) is 0. The van der Waals surface area contributed by atoms with Gasteiger partial charge in [-0.2, -0.15) is 5.10 Å². The van der Waals surface area contributed by atoms with Gasteiger partial charge in [-0.15, -0.1) is 0 Å². The average molecular weight is 251 g/mol. The zero-order valence-electron chi connectivity index (χ0n) is 11.8. The first-order valence-corrected chi connectivity index (χ1v) is 7.17. The molecular formula is C14H25N3O. The normalized spacial score (nSPS) is 21.4. The molecule has 0 bridgehead atoms. The minimum atomic E-state index is 0.380. The van der Waals surface area contributed by atoms with E-state index in [4.69, 9.17) is 4.74 Å². The third-order valence-electron chi connectivity index (χ3n) is 3.70. The highest BCUT2D eigenvalue weighted by atomic mass is 16.5. The molecule has 0 radical (unpaired) electrons. The van der Waals surface area contributed by atoms with Crippen molar-refractivity contribution in [2.45, 2.75) is 46.2 Å². The number of rotatable bonds is 6. The van der Waals surface area contributed by atoms with Crippen LogP contribution in [0.5, 0.6) is 0 Å². The summed E-state index contributed by atoms with van der Waals surface area (Å²) in [6.07, 6.45) is 2.15. The predicted octanol–water partition coefficient (Wildman–Crippen LogP) is 2.15. The van der Waals surface area contributed by atoms with Gasteiger partial charge in [0.2, 0.25) is 0 Å². The molecule has 1 N–H and O–H groups in total. The van der Waals surface area contributed by atoms with Gasteiger partial charge < -0.3 is 10.1 Å². The first kappa shape index (κ1) is 13.6. The Bertz CT molecular complexity index is 369. The Hall–Kier alpha value is -0.870. The third kappa shape index (κ3) is 2.75. The molecule has 2 atom stereocenters. The molecule has 0 aliphatic carbocycles. The fraction of sp³-hybridized carbons (Fsp3) is 0.786. The van der Waals surface area contributed by atoms with Gasteiger partial charge in [0.15, 0.2) is 0 Å². The highest BCUT2D eigenvalue weighted by Crippen LogP contribution is 2.29. The van der Waals surface area contributed by atoms with Crippen LogP contribution in [0.15, 0.2) is 6.07 Å². The lowest BCUT2D eigenvalue weighted by Crippen LogP contribution is -2.30. The zero-order valence-corrected chi connectivity index (χ0v) is 11.8. The lowest BCUT2D eigenvalue weighted by Gasteiger charge is -2.24. The molecule has 0 amide bonds. The Morgan fingerprint density at radius 1 is 1.50 bits per heavy atom. The number of hydrogen-bond donors (Lipinski definition) is 1. The van der Waals surface area contributed by atoms with Crippen LogP contribution < -0.4 is 5.32 Å². The SMILES string of the molecule is CCNC(c1cc(CC)nn1CC)C1CCOC1. The van der Waals surface area contributed by atoms with E-state index in [1.165, 1.54) is 11.4 Å². The number of nitrogens with zero attached hydrogens (tertiary/aromatic N) is 2. The molecule has 102 valence electrons. The van der Waals surface area contributed by atoms with Crippen molar-refractivity contribution in [3.05, 3.63) is 17.5 Å². The highest BCUT2D eigenvalue weighted by molar-refractivity contribution is 5.16. The van der Waals surface area contributed by atoms with Gasteiger partial charge in [-0.25, -0.2) is 0 Å². The average Bonchev–Trinajstić information content (AvgIpc) is 3.04. The van der Waals surface area contributed by atoms with Gasteiger partial charge in [0.25, 0.3) is 0 Å². The van der Waals surface area contributed by atoms with E-state index >= 15 is 0 Å². The highest BCUT2D eigenvalue weighted by Gasteiger charge is 2.29. The van der Waals surface area contributed by atoms with E-state index < -0.39 is 0 Å². The summed E-state index contributed by atoms with van der Waals surface area (Å²) in [4.78, 5) is 0. The Labute approximate surface area is 110 Å². The molecule has 1 aromatic rings. The fourth-order valence-electron chi connectivity index (χ4n) is 2.71. The zero-order chi connectivity index (χ0) is 13.0. The molecule has 1 fully saturated rings. The van der Waals surface area contributed by atoms with E-state index in [0.717, 1.165) is 39.1 Å². The number of nitrogens with one attached hydrogen (secondary N) is 1. The number of aryl methyl sites for hydroxylation is 2. The summed E-state index contributed by atoms with van der Waals surface area (Å²) >= 11 is 0. The van der Waals surface area contributed by atoms with Crippen molar-refractivity contribution >= 4 is 0 Å². The topological polar surface area (TPSA) is 39.1 Å². The van der Waals surface area contributed by atoms with Crippen molar-refractivity contribution in [3.63, 3.8) is 0 Å². The van der Waals surface area contributed by atoms with Crippen molar-refractivity contribution in [3.8, 4) is 0 Å². The van der Waals surface area contributed by atoms with Crippen LogP contribution in [-0.4, -0.2) is 29.5 Å². The molecule has 0 spiro atoms. The second-order valence-electron chi connectivity index (χ2n) is 4.89. The number of ether oxygens (including phenoxy) is 1. The van der Waals surface area contributed by atoms with Crippen LogP contribution in [0.1, 0.15) is 44.6 Å². The third-order valence-corrected chi connectivity index (χ3v) is 3.70. The van der Waals surface area contributed by atoms with Crippen molar-refractivity contribution in [1.29, 1.82) is 0 Å². The van der Waals surface area contributed by atoms with E-state index in [1.807, 2.05) is 0 Å². The van der Waals surface area contributed by atoms with Gasteiger partial charge in [0.05, 0.1) is 24.0 Å². The molecule has 0 aromatic carbocycles. The van der Waals surface area contributed by atoms with Crippen LogP contribution in [0.3, 0.4) is 0 Å². The largest absolute Gasteiger partial charge is 0.381 e. The van der Waals surface area contributed by atoms with Gasteiger partial charge in [-0.05, 0) is 32.4 Å². The maximum atomic E-state index is 5.54. The molecule has 1 aromatic heterocycles. The molecule has 1 saturated heterocycles. The quantitative estimate of drug-likeness (QED) is 0.842. The minimum absolute atomic E-state index is 0.380. The molecule has 1 aliphatic rings.